The molecule has 1 saturated heterocycles. The van der Waals surface area contributed by atoms with Gasteiger partial charge in [-0.05, 0) is 62.1 Å². The van der Waals surface area contributed by atoms with Crippen LogP contribution in [0.1, 0.15) is 44.9 Å². The molecule has 1 heterocycles. The zero-order valence-electron chi connectivity index (χ0n) is 21.1. The molecule has 2 aliphatic rings. The summed E-state index contributed by atoms with van der Waals surface area (Å²) < 4.78 is 61.7. The number of carbonyl (C=O) groups excluding carboxylic acids is 1. The van der Waals surface area contributed by atoms with Gasteiger partial charge in [-0.25, -0.2) is 16.8 Å². The van der Waals surface area contributed by atoms with Gasteiger partial charge in [-0.3, -0.25) is 4.79 Å². The molecule has 9 nitrogen and oxygen atoms in total. The van der Waals surface area contributed by atoms with Crippen molar-refractivity contribution >= 4 is 31.6 Å². The van der Waals surface area contributed by atoms with Crippen LogP contribution in [0.5, 0.6) is 0 Å². The Kier molecular flexibility index (Phi) is 9.02. The van der Waals surface area contributed by atoms with Gasteiger partial charge in [-0.1, -0.05) is 37.5 Å². The fourth-order valence-corrected chi connectivity index (χ4v) is 7.73. The molecule has 1 atom stereocenters. The smallest absolute Gasteiger partial charge is 0.243 e. The molecule has 0 bridgehead atoms. The largest absolute Gasteiger partial charge is 0.377 e. The van der Waals surface area contributed by atoms with Gasteiger partial charge < -0.3 is 10.1 Å². The van der Waals surface area contributed by atoms with Gasteiger partial charge in [-0.15, -0.1) is 0 Å². The van der Waals surface area contributed by atoms with E-state index in [4.69, 9.17) is 4.74 Å². The number of hydrogen-bond acceptors (Lipinski definition) is 6. The number of amides is 1. The van der Waals surface area contributed by atoms with E-state index in [1.54, 1.807) is 31.3 Å². The maximum Gasteiger partial charge on any atom is 0.243 e. The minimum absolute atomic E-state index is 0.0367. The molecule has 1 N–H and O–H groups in total. The second kappa shape index (κ2) is 12.0. The van der Waals surface area contributed by atoms with Crippen molar-refractivity contribution in [3.63, 3.8) is 0 Å². The third-order valence-corrected chi connectivity index (χ3v) is 10.8. The number of anilines is 1. The lowest BCUT2D eigenvalue weighted by Crippen LogP contribution is -2.42. The summed E-state index contributed by atoms with van der Waals surface area (Å²) >= 11 is 0. The van der Waals surface area contributed by atoms with E-state index in [1.807, 2.05) is 6.07 Å². The van der Waals surface area contributed by atoms with Gasteiger partial charge in [0.25, 0.3) is 0 Å². The van der Waals surface area contributed by atoms with Gasteiger partial charge in [0.2, 0.25) is 26.0 Å². The number of nitrogens with zero attached hydrogens (tertiary/aromatic N) is 2. The number of benzene rings is 2. The molecule has 0 radical (unpaired) electrons. The number of carbonyl (C=O) groups is 1. The van der Waals surface area contributed by atoms with Gasteiger partial charge in [0.15, 0.2) is 0 Å². The number of ether oxygens (including phenoxy) is 1. The zero-order valence-corrected chi connectivity index (χ0v) is 22.7. The molecule has 37 heavy (non-hydrogen) atoms. The minimum atomic E-state index is -4.09. The Balaban J connectivity index is 1.53. The molecule has 1 aliphatic heterocycles. The van der Waals surface area contributed by atoms with Gasteiger partial charge in [-0.2, -0.15) is 8.61 Å². The molecule has 0 unspecified atom stereocenters. The highest BCUT2D eigenvalue weighted by Gasteiger charge is 2.32. The molecular formula is C26H35N3O6S2. The normalized spacial score (nSPS) is 19.4. The number of sulfonamides is 2. The fraction of sp³-hybridized carbons (Fsp3) is 0.500. The summed E-state index contributed by atoms with van der Waals surface area (Å²) in [6.07, 6.45) is 6.00. The Morgan fingerprint density at radius 3 is 2.08 bits per heavy atom. The van der Waals surface area contributed by atoms with Crippen molar-refractivity contribution < 1.29 is 26.4 Å². The summed E-state index contributed by atoms with van der Waals surface area (Å²) in [5, 5.41) is 2.72. The minimum Gasteiger partial charge on any atom is -0.377 e. The second-order valence-corrected chi connectivity index (χ2v) is 13.6. The van der Waals surface area contributed by atoms with Crippen LogP contribution in [0.15, 0.2) is 64.4 Å². The molecule has 2 fully saturated rings. The Morgan fingerprint density at radius 2 is 1.49 bits per heavy atom. The SMILES string of the molecule is CN(C1CCCCC1)S(=O)(=O)c1ccc(S(=O)(=O)N(CC(=O)Nc2ccccc2)C[C@@H]2CCCO2)cc1. The van der Waals surface area contributed by atoms with Crippen molar-refractivity contribution in [3.8, 4) is 0 Å². The van der Waals surface area contributed by atoms with Crippen LogP contribution in [0, 0.1) is 0 Å². The fourth-order valence-electron chi connectivity index (χ4n) is 4.89. The van der Waals surface area contributed by atoms with Gasteiger partial charge in [0, 0.05) is 31.9 Å². The predicted octanol–water partition coefficient (Wildman–Crippen LogP) is 3.45. The van der Waals surface area contributed by atoms with Crippen LogP contribution in [0.2, 0.25) is 0 Å². The average molecular weight is 550 g/mol. The quantitative estimate of drug-likeness (QED) is 0.486. The first-order chi connectivity index (χ1) is 17.7. The molecule has 1 saturated carbocycles. The van der Waals surface area contributed by atoms with Crippen molar-refractivity contribution in [3.05, 3.63) is 54.6 Å². The summed E-state index contributed by atoms with van der Waals surface area (Å²) in [6.45, 7) is 0.201. The number of para-hydroxylation sites is 1. The van der Waals surface area contributed by atoms with Crippen LogP contribution in [0.4, 0.5) is 5.69 Å². The van der Waals surface area contributed by atoms with Crippen LogP contribution in [0.3, 0.4) is 0 Å². The molecule has 2 aromatic rings. The van der Waals surface area contributed by atoms with E-state index < -0.39 is 26.0 Å². The Morgan fingerprint density at radius 1 is 0.865 bits per heavy atom. The maximum absolute atomic E-state index is 13.6. The van der Waals surface area contributed by atoms with Crippen LogP contribution < -0.4 is 5.32 Å². The van der Waals surface area contributed by atoms with Gasteiger partial charge in [0.1, 0.15) is 0 Å². The predicted molar refractivity (Wildman–Crippen MR) is 141 cm³/mol. The maximum atomic E-state index is 13.6. The molecule has 11 heteroatoms. The summed E-state index contributed by atoms with van der Waals surface area (Å²) in [5.74, 6) is -0.471. The second-order valence-electron chi connectivity index (χ2n) is 9.63. The molecule has 202 valence electrons. The standard InChI is InChI=1S/C26H35N3O6S2/c1-28(22-11-6-3-7-12-22)36(31,32)24-14-16-25(17-15-24)37(33,34)29(19-23-13-8-18-35-23)20-26(30)27-21-9-4-2-5-10-21/h2,4-5,9-10,14-17,22-23H,3,6-8,11-13,18-20H2,1H3,(H,27,30)/t23-/m0/s1. The van der Waals surface area contributed by atoms with Crippen molar-refractivity contribution in [1.82, 2.24) is 8.61 Å². The van der Waals surface area contributed by atoms with Crippen LogP contribution in [-0.4, -0.2) is 70.2 Å². The lowest BCUT2D eigenvalue weighted by molar-refractivity contribution is -0.116. The molecule has 1 amide bonds. The Labute approximate surface area is 219 Å². The monoisotopic (exact) mass is 549 g/mol. The van der Waals surface area contributed by atoms with E-state index in [1.165, 1.54) is 28.6 Å². The van der Waals surface area contributed by atoms with E-state index in [0.717, 1.165) is 42.8 Å². The van der Waals surface area contributed by atoms with Crippen molar-refractivity contribution in [1.29, 1.82) is 0 Å². The lowest BCUT2D eigenvalue weighted by atomic mass is 9.96. The zero-order chi connectivity index (χ0) is 26.5. The third-order valence-electron chi connectivity index (χ3n) is 7.04. The highest BCUT2D eigenvalue weighted by molar-refractivity contribution is 7.89. The molecule has 0 aromatic heterocycles. The summed E-state index contributed by atoms with van der Waals surface area (Å²) in [6, 6.07) is 14.0. The lowest BCUT2D eigenvalue weighted by Gasteiger charge is -2.30. The number of nitrogens with one attached hydrogen (secondary N) is 1. The van der Waals surface area contributed by atoms with E-state index in [0.29, 0.717) is 18.7 Å². The molecule has 4 rings (SSSR count). The van der Waals surface area contributed by atoms with Crippen molar-refractivity contribution in [2.45, 2.75) is 66.9 Å². The van der Waals surface area contributed by atoms with Crippen LogP contribution in [0.25, 0.3) is 0 Å². The average Bonchev–Trinajstić information content (AvgIpc) is 3.42. The van der Waals surface area contributed by atoms with Crippen molar-refractivity contribution in [2.75, 3.05) is 32.1 Å². The molecular weight excluding hydrogens is 514 g/mol. The number of rotatable bonds is 10. The molecule has 0 spiro atoms. The highest BCUT2D eigenvalue weighted by atomic mass is 32.2. The van der Waals surface area contributed by atoms with E-state index in [-0.39, 0.29) is 35.0 Å². The Bertz CT molecular complexity index is 1260. The summed E-state index contributed by atoms with van der Waals surface area (Å²) in [5.41, 5.74) is 0.568. The van der Waals surface area contributed by atoms with E-state index >= 15 is 0 Å². The van der Waals surface area contributed by atoms with E-state index in [9.17, 15) is 21.6 Å². The number of hydrogen-bond donors (Lipinski definition) is 1. The Hall–Kier alpha value is -2.31. The van der Waals surface area contributed by atoms with Gasteiger partial charge >= 0.3 is 0 Å². The van der Waals surface area contributed by atoms with Gasteiger partial charge in [0.05, 0.1) is 22.4 Å². The van der Waals surface area contributed by atoms with Crippen molar-refractivity contribution in [2.24, 2.45) is 0 Å². The molecule has 2 aromatic carbocycles. The topological polar surface area (TPSA) is 113 Å². The third kappa shape index (κ3) is 6.77. The summed E-state index contributed by atoms with van der Waals surface area (Å²) in [7, 11) is -6.26. The first kappa shape index (κ1) is 27.7. The van der Waals surface area contributed by atoms with Crippen LogP contribution >= 0.6 is 0 Å². The van der Waals surface area contributed by atoms with Crippen LogP contribution in [-0.2, 0) is 29.6 Å². The highest BCUT2D eigenvalue weighted by Crippen LogP contribution is 2.28. The summed E-state index contributed by atoms with van der Waals surface area (Å²) in [4.78, 5) is 12.7. The first-order valence-corrected chi connectivity index (χ1v) is 15.6. The first-order valence-electron chi connectivity index (χ1n) is 12.7. The molecule has 1 aliphatic carbocycles. The van der Waals surface area contributed by atoms with E-state index in [2.05, 4.69) is 5.32 Å².